The van der Waals surface area contributed by atoms with Crippen molar-refractivity contribution in [2.45, 2.75) is 35.4 Å². The second-order valence-corrected chi connectivity index (χ2v) is 13.5. The van der Waals surface area contributed by atoms with Gasteiger partial charge in [0.2, 0.25) is 5.60 Å². The van der Waals surface area contributed by atoms with Crippen molar-refractivity contribution in [3.05, 3.63) is 106 Å². The molecule has 0 radical (unpaired) electrons. The van der Waals surface area contributed by atoms with Crippen LogP contribution in [0.2, 0.25) is 0 Å². The van der Waals surface area contributed by atoms with Crippen molar-refractivity contribution >= 4 is 38.5 Å². The first-order valence-electron chi connectivity index (χ1n) is 14.8. The molecule has 5 rings (SSSR count). The smallest absolute Gasteiger partial charge is 0.422 e. The fourth-order valence-electron chi connectivity index (χ4n) is 5.69. The fourth-order valence-corrected chi connectivity index (χ4v) is 7.54. The van der Waals surface area contributed by atoms with E-state index in [1.54, 1.807) is 37.3 Å². The Labute approximate surface area is 273 Å². The lowest BCUT2D eigenvalue weighted by molar-refractivity contribution is -0.384. The molecular formula is C33H32F3N3O8S. The highest BCUT2D eigenvalue weighted by Gasteiger charge is 2.58. The number of halogens is 3. The highest BCUT2D eigenvalue weighted by atomic mass is 32.2. The second kappa shape index (κ2) is 13.4. The number of non-ortho nitro benzene ring substituents is 1. The van der Waals surface area contributed by atoms with Crippen molar-refractivity contribution in [1.82, 2.24) is 9.47 Å². The lowest BCUT2D eigenvalue weighted by Crippen LogP contribution is -2.61. The van der Waals surface area contributed by atoms with Gasteiger partial charge in [0.25, 0.3) is 5.69 Å². The maximum atomic E-state index is 14.8. The summed E-state index contributed by atoms with van der Waals surface area (Å²) in [5.74, 6) is -0.588. The van der Waals surface area contributed by atoms with E-state index in [2.05, 4.69) is 0 Å². The number of likely N-dealkylation sites (tertiary alicyclic amines) is 1. The summed E-state index contributed by atoms with van der Waals surface area (Å²) >= 11 is 0. The molecule has 1 fully saturated rings. The first-order chi connectivity index (χ1) is 22.7. The fraction of sp³-hybridized carbons (Fsp3) is 0.303. The Morgan fingerprint density at radius 2 is 1.81 bits per heavy atom. The molecule has 0 saturated carbocycles. The highest BCUT2D eigenvalue weighted by Crippen LogP contribution is 2.45. The van der Waals surface area contributed by atoms with Crippen LogP contribution in [0.4, 0.5) is 18.9 Å². The lowest BCUT2D eigenvalue weighted by Gasteiger charge is -2.43. The molecule has 2 heterocycles. The average Bonchev–Trinajstić information content (AvgIpc) is 3.39. The Morgan fingerprint density at radius 3 is 2.44 bits per heavy atom. The number of β-amino-alcohol motifs (C(OH)–C–C–N with tert-alkyl or cyclic N) is 1. The molecule has 11 nitrogen and oxygen atoms in total. The minimum absolute atomic E-state index is 0.00780. The normalized spacial score (nSPS) is 15.7. The molecule has 0 spiro atoms. The van der Waals surface area contributed by atoms with Crippen molar-refractivity contribution in [3.8, 4) is 5.75 Å². The van der Waals surface area contributed by atoms with Gasteiger partial charge in [-0.2, -0.15) is 13.2 Å². The van der Waals surface area contributed by atoms with Crippen molar-refractivity contribution in [2.24, 2.45) is 0 Å². The number of carbonyl (C=O) groups is 1. The topological polar surface area (TPSA) is 141 Å². The predicted molar refractivity (Wildman–Crippen MR) is 170 cm³/mol. The number of aliphatic hydroxyl groups is 1. The molecular weight excluding hydrogens is 655 g/mol. The van der Waals surface area contributed by atoms with Gasteiger partial charge in [0.15, 0.2) is 9.84 Å². The Bertz CT molecular complexity index is 1970. The van der Waals surface area contributed by atoms with E-state index >= 15 is 0 Å². The number of hydrogen-bond donors (Lipinski definition) is 1. The quantitative estimate of drug-likeness (QED) is 0.0933. The van der Waals surface area contributed by atoms with Crippen LogP contribution in [0.1, 0.15) is 23.6 Å². The van der Waals surface area contributed by atoms with E-state index in [0.29, 0.717) is 5.56 Å². The minimum atomic E-state index is -5.19. The van der Waals surface area contributed by atoms with Gasteiger partial charge in [-0.25, -0.2) is 13.2 Å². The molecule has 0 aliphatic carbocycles. The van der Waals surface area contributed by atoms with Gasteiger partial charge in [-0.05, 0) is 42.3 Å². The SMILES string of the molecule is CCOC(=O)/C=C/c1ccc(S(=O)(=O)C2CN(CC(O)(c3cn(Cc4ccccc4)c4cc([N+](=O)[O-])ccc34)C(F)(F)F)C2)c(OC)c1. The monoisotopic (exact) mass is 687 g/mol. The van der Waals surface area contributed by atoms with Crippen LogP contribution in [0.3, 0.4) is 0 Å². The van der Waals surface area contributed by atoms with Crippen molar-refractivity contribution in [3.63, 3.8) is 0 Å². The summed E-state index contributed by atoms with van der Waals surface area (Å²) in [4.78, 5) is 23.5. The van der Waals surface area contributed by atoms with Gasteiger partial charge in [0, 0.05) is 61.5 Å². The molecule has 3 aromatic carbocycles. The van der Waals surface area contributed by atoms with E-state index in [-0.39, 0.29) is 53.5 Å². The summed E-state index contributed by atoms with van der Waals surface area (Å²) in [6, 6.07) is 16.4. The van der Waals surface area contributed by atoms with Gasteiger partial charge in [-0.3, -0.25) is 15.0 Å². The largest absolute Gasteiger partial charge is 0.495 e. The van der Waals surface area contributed by atoms with Gasteiger partial charge in [0.1, 0.15) is 10.6 Å². The van der Waals surface area contributed by atoms with E-state index < -0.39 is 49.9 Å². The maximum Gasteiger partial charge on any atom is 0.422 e. The molecule has 0 bridgehead atoms. The Morgan fingerprint density at radius 1 is 1.10 bits per heavy atom. The molecule has 1 saturated heterocycles. The van der Waals surface area contributed by atoms with Crippen molar-refractivity contribution < 1.29 is 45.9 Å². The van der Waals surface area contributed by atoms with Crippen LogP contribution < -0.4 is 4.74 Å². The molecule has 4 aromatic rings. The number of sulfone groups is 1. The van der Waals surface area contributed by atoms with Gasteiger partial charge in [0.05, 0.1) is 29.4 Å². The molecule has 0 amide bonds. The number of methoxy groups -OCH3 is 1. The van der Waals surface area contributed by atoms with Crippen LogP contribution in [-0.4, -0.2) is 78.7 Å². The number of esters is 1. The first-order valence-corrected chi connectivity index (χ1v) is 16.3. The van der Waals surface area contributed by atoms with E-state index in [0.717, 1.165) is 23.9 Å². The predicted octanol–water partition coefficient (Wildman–Crippen LogP) is 5.09. The minimum Gasteiger partial charge on any atom is -0.495 e. The number of benzene rings is 3. The summed E-state index contributed by atoms with van der Waals surface area (Å²) in [6.45, 7) is 0.339. The van der Waals surface area contributed by atoms with E-state index in [4.69, 9.17) is 9.47 Å². The number of aromatic nitrogens is 1. The third kappa shape index (κ3) is 6.79. The second-order valence-electron chi connectivity index (χ2n) is 11.3. The molecule has 15 heteroatoms. The number of nitrogens with zero attached hydrogens (tertiary/aromatic N) is 3. The van der Waals surface area contributed by atoms with Crippen LogP contribution in [0, 0.1) is 10.1 Å². The van der Waals surface area contributed by atoms with Crippen LogP contribution in [0.25, 0.3) is 17.0 Å². The number of rotatable bonds is 12. The Hall–Kier alpha value is -4.73. The zero-order chi connectivity index (χ0) is 34.9. The number of nitro groups is 1. The van der Waals surface area contributed by atoms with Crippen LogP contribution in [-0.2, 0) is 31.5 Å². The molecule has 254 valence electrons. The Kier molecular flexibility index (Phi) is 9.67. The van der Waals surface area contributed by atoms with Gasteiger partial charge < -0.3 is 19.1 Å². The summed E-state index contributed by atoms with van der Waals surface area (Å²) in [5.41, 5.74) is -2.97. The van der Waals surface area contributed by atoms with E-state index in [9.17, 15) is 41.6 Å². The zero-order valence-electron chi connectivity index (χ0n) is 25.9. The van der Waals surface area contributed by atoms with E-state index in [1.807, 2.05) is 0 Å². The van der Waals surface area contributed by atoms with Gasteiger partial charge in [-0.15, -0.1) is 0 Å². The summed E-state index contributed by atoms with van der Waals surface area (Å²) in [5, 5.41) is 21.8. The first kappa shape index (κ1) is 34.6. The molecule has 1 N–H and O–H groups in total. The van der Waals surface area contributed by atoms with Gasteiger partial charge in [-0.1, -0.05) is 36.4 Å². The van der Waals surface area contributed by atoms with Crippen molar-refractivity contribution in [2.75, 3.05) is 33.4 Å². The molecule has 1 aromatic heterocycles. The van der Waals surface area contributed by atoms with Crippen LogP contribution in [0.15, 0.2) is 83.9 Å². The lowest BCUT2D eigenvalue weighted by atomic mass is 9.90. The zero-order valence-corrected chi connectivity index (χ0v) is 26.7. The number of carbonyl (C=O) groups excluding carboxylic acids is 1. The third-order valence-corrected chi connectivity index (χ3v) is 10.3. The molecule has 1 unspecified atom stereocenters. The van der Waals surface area contributed by atoms with E-state index in [1.165, 1.54) is 53.0 Å². The maximum absolute atomic E-state index is 14.8. The summed E-state index contributed by atoms with van der Waals surface area (Å²) < 4.78 is 83.0. The van der Waals surface area contributed by atoms with Crippen LogP contribution >= 0.6 is 0 Å². The van der Waals surface area contributed by atoms with Crippen molar-refractivity contribution in [1.29, 1.82) is 0 Å². The third-order valence-electron chi connectivity index (χ3n) is 8.19. The standard InChI is InChI=1S/C33H32F3N3O8S/c1-3-47-31(40)14-10-22-9-13-30(29(15-22)46-2)48(44,45)25-18-37(19-25)21-32(41,33(34,35)36)27-20-38(17-23-7-5-4-6-8-23)28-16-24(39(42)43)11-12-26(27)28/h4-16,20,25,41H,3,17-19,21H2,1-2H3/b14-10+. The molecule has 48 heavy (non-hydrogen) atoms. The number of alkyl halides is 3. The van der Waals surface area contributed by atoms with Gasteiger partial charge >= 0.3 is 12.1 Å². The number of fused-ring (bicyclic) bond motifs is 1. The molecule has 1 aliphatic rings. The Balaban J connectivity index is 1.42. The summed E-state index contributed by atoms with van der Waals surface area (Å²) in [7, 11) is -2.81. The number of nitro benzene ring substituents is 1. The van der Waals surface area contributed by atoms with Crippen LogP contribution in [0.5, 0.6) is 5.75 Å². The summed E-state index contributed by atoms with van der Waals surface area (Å²) in [6.07, 6.45) is -1.44. The number of hydrogen-bond acceptors (Lipinski definition) is 9. The molecule has 1 aliphatic heterocycles. The number of ether oxygens (including phenoxy) is 2. The highest BCUT2D eigenvalue weighted by molar-refractivity contribution is 7.92. The average molecular weight is 688 g/mol. The molecule has 1 atom stereocenters.